The number of hydrogen-bond acceptors (Lipinski definition) is 3. The lowest BCUT2D eigenvalue weighted by molar-refractivity contribution is 0.115. The first-order valence-electron chi connectivity index (χ1n) is 6.22. The van der Waals surface area contributed by atoms with Crippen molar-refractivity contribution in [2.45, 2.75) is 32.4 Å². The van der Waals surface area contributed by atoms with Crippen molar-refractivity contribution >= 4 is 28.3 Å². The number of piperidine rings is 1. The van der Waals surface area contributed by atoms with Crippen molar-refractivity contribution in [2.75, 3.05) is 13.1 Å². The van der Waals surface area contributed by atoms with Gasteiger partial charge in [-0.3, -0.25) is 9.88 Å². The molecule has 2 unspecified atom stereocenters. The van der Waals surface area contributed by atoms with Crippen LogP contribution in [-0.2, 0) is 6.54 Å². The number of hydrogen-bond donors (Lipinski definition) is 1. The van der Waals surface area contributed by atoms with Crippen LogP contribution in [0.3, 0.4) is 0 Å². The van der Waals surface area contributed by atoms with Gasteiger partial charge in [0, 0.05) is 36.0 Å². The first-order valence-corrected chi connectivity index (χ1v) is 7.02. The summed E-state index contributed by atoms with van der Waals surface area (Å²) < 4.78 is 1.05. The van der Waals surface area contributed by atoms with E-state index in [4.69, 9.17) is 5.73 Å². The van der Waals surface area contributed by atoms with Gasteiger partial charge in [-0.25, -0.2) is 0 Å². The van der Waals surface area contributed by atoms with Gasteiger partial charge in [-0.2, -0.15) is 0 Å². The Hall–Kier alpha value is -0.160. The van der Waals surface area contributed by atoms with Crippen molar-refractivity contribution in [1.82, 2.24) is 9.88 Å². The average Bonchev–Trinajstić information content (AvgIpc) is 2.31. The second kappa shape index (κ2) is 7.43. The Morgan fingerprint density at radius 3 is 2.94 bits per heavy atom. The summed E-state index contributed by atoms with van der Waals surface area (Å²) in [4.78, 5) is 6.70. The molecule has 1 fully saturated rings. The molecule has 1 saturated heterocycles. The molecule has 18 heavy (non-hydrogen) atoms. The molecule has 2 atom stereocenters. The third-order valence-corrected chi connectivity index (χ3v) is 3.95. The summed E-state index contributed by atoms with van der Waals surface area (Å²) in [6, 6.07) is 2.66. The first kappa shape index (κ1) is 15.9. The second-order valence-corrected chi connectivity index (χ2v) is 5.92. The van der Waals surface area contributed by atoms with Crippen LogP contribution >= 0.6 is 28.3 Å². The molecule has 0 aliphatic carbocycles. The fourth-order valence-corrected chi connectivity index (χ4v) is 2.94. The number of likely N-dealkylation sites (tertiary alicyclic amines) is 1. The summed E-state index contributed by atoms with van der Waals surface area (Å²) in [5, 5.41) is 0. The molecule has 0 saturated carbocycles. The zero-order chi connectivity index (χ0) is 12.3. The molecule has 0 aromatic carbocycles. The fourth-order valence-electron chi connectivity index (χ4n) is 2.53. The van der Waals surface area contributed by atoms with E-state index in [0.29, 0.717) is 6.04 Å². The lowest BCUT2D eigenvalue weighted by atomic mass is 9.92. The zero-order valence-corrected chi connectivity index (χ0v) is 13.1. The van der Waals surface area contributed by atoms with Crippen LogP contribution in [-0.4, -0.2) is 29.0 Å². The molecule has 2 rings (SSSR count). The smallest absolute Gasteiger partial charge is 0.0410 e. The Kier molecular flexibility index (Phi) is 6.57. The van der Waals surface area contributed by atoms with Gasteiger partial charge in [-0.05, 0) is 52.9 Å². The molecule has 1 aliphatic rings. The van der Waals surface area contributed by atoms with Crippen LogP contribution in [0.5, 0.6) is 0 Å². The Morgan fingerprint density at radius 2 is 2.28 bits per heavy atom. The van der Waals surface area contributed by atoms with Crippen molar-refractivity contribution in [2.24, 2.45) is 11.7 Å². The number of nitrogens with zero attached hydrogens (tertiary/aromatic N) is 2. The molecular formula is C13H21BrClN3. The highest BCUT2D eigenvalue weighted by molar-refractivity contribution is 9.10. The van der Waals surface area contributed by atoms with E-state index >= 15 is 0 Å². The van der Waals surface area contributed by atoms with Gasteiger partial charge in [0.15, 0.2) is 0 Å². The third kappa shape index (κ3) is 4.19. The molecule has 1 aromatic rings. The van der Waals surface area contributed by atoms with Gasteiger partial charge in [0.05, 0.1) is 0 Å². The number of nitrogens with two attached hydrogens (primary N) is 1. The normalized spacial score (nSPS) is 24.6. The second-order valence-electron chi connectivity index (χ2n) is 5.00. The predicted molar refractivity (Wildman–Crippen MR) is 80.8 cm³/mol. The molecule has 3 nitrogen and oxygen atoms in total. The van der Waals surface area contributed by atoms with E-state index in [0.717, 1.165) is 30.0 Å². The molecule has 0 spiro atoms. The summed E-state index contributed by atoms with van der Waals surface area (Å²) in [5.41, 5.74) is 7.13. The van der Waals surface area contributed by atoms with Crippen molar-refractivity contribution in [3.05, 3.63) is 28.5 Å². The summed E-state index contributed by atoms with van der Waals surface area (Å²) in [7, 11) is 0. The largest absolute Gasteiger partial charge is 0.329 e. The van der Waals surface area contributed by atoms with Crippen LogP contribution in [0, 0.1) is 5.92 Å². The molecule has 102 valence electrons. The van der Waals surface area contributed by atoms with Crippen LogP contribution < -0.4 is 5.73 Å². The molecule has 5 heteroatoms. The van der Waals surface area contributed by atoms with Crippen molar-refractivity contribution < 1.29 is 0 Å². The van der Waals surface area contributed by atoms with E-state index in [1.54, 1.807) is 0 Å². The minimum atomic E-state index is 0. The Labute approximate surface area is 124 Å². The molecule has 0 radical (unpaired) electrons. The maximum Gasteiger partial charge on any atom is 0.0410 e. The van der Waals surface area contributed by atoms with Crippen molar-refractivity contribution in [3.63, 3.8) is 0 Å². The van der Waals surface area contributed by atoms with E-state index in [-0.39, 0.29) is 12.4 Å². The minimum Gasteiger partial charge on any atom is -0.329 e. The van der Waals surface area contributed by atoms with E-state index in [1.165, 1.54) is 18.4 Å². The fraction of sp³-hybridized carbons (Fsp3) is 0.615. The molecule has 1 aliphatic heterocycles. The van der Waals surface area contributed by atoms with Gasteiger partial charge in [0.1, 0.15) is 0 Å². The molecule has 1 aromatic heterocycles. The zero-order valence-electron chi connectivity index (χ0n) is 10.7. The lowest BCUT2D eigenvalue weighted by Crippen LogP contribution is -2.45. The first-order chi connectivity index (χ1) is 8.19. The van der Waals surface area contributed by atoms with Crippen LogP contribution in [0.25, 0.3) is 0 Å². The van der Waals surface area contributed by atoms with Crippen LogP contribution in [0.1, 0.15) is 25.3 Å². The van der Waals surface area contributed by atoms with E-state index in [9.17, 15) is 0 Å². The highest BCUT2D eigenvalue weighted by atomic mass is 79.9. The topological polar surface area (TPSA) is 42.2 Å². The predicted octanol–water partition coefficient (Wildman–Crippen LogP) is 2.83. The summed E-state index contributed by atoms with van der Waals surface area (Å²) in [6.45, 7) is 5.18. The van der Waals surface area contributed by atoms with E-state index < -0.39 is 0 Å². The minimum absolute atomic E-state index is 0. The maximum atomic E-state index is 5.87. The quantitative estimate of drug-likeness (QED) is 0.924. The van der Waals surface area contributed by atoms with Crippen LogP contribution in [0.2, 0.25) is 0 Å². The summed E-state index contributed by atoms with van der Waals surface area (Å²) >= 11 is 3.46. The summed E-state index contributed by atoms with van der Waals surface area (Å²) in [5.74, 6) is 0.806. The average molecular weight is 335 g/mol. The monoisotopic (exact) mass is 333 g/mol. The van der Waals surface area contributed by atoms with Gasteiger partial charge in [-0.15, -0.1) is 12.4 Å². The Morgan fingerprint density at radius 1 is 1.50 bits per heavy atom. The third-order valence-electron chi connectivity index (χ3n) is 3.52. The lowest BCUT2D eigenvalue weighted by Gasteiger charge is -2.37. The van der Waals surface area contributed by atoms with Gasteiger partial charge in [0.2, 0.25) is 0 Å². The SMILES string of the molecule is CC1CCN(Cc2cncc(Br)c2)C(CN)C1.Cl. The maximum absolute atomic E-state index is 5.87. The highest BCUT2D eigenvalue weighted by Gasteiger charge is 2.25. The van der Waals surface area contributed by atoms with Gasteiger partial charge in [-0.1, -0.05) is 6.92 Å². The van der Waals surface area contributed by atoms with Gasteiger partial charge < -0.3 is 5.73 Å². The van der Waals surface area contributed by atoms with E-state index in [1.807, 2.05) is 12.4 Å². The summed E-state index contributed by atoms with van der Waals surface area (Å²) in [6.07, 6.45) is 6.26. The van der Waals surface area contributed by atoms with E-state index in [2.05, 4.69) is 38.8 Å². The van der Waals surface area contributed by atoms with Gasteiger partial charge >= 0.3 is 0 Å². The van der Waals surface area contributed by atoms with Crippen LogP contribution in [0.15, 0.2) is 22.9 Å². The Balaban J connectivity index is 0.00000162. The van der Waals surface area contributed by atoms with Crippen molar-refractivity contribution in [1.29, 1.82) is 0 Å². The number of halogens is 2. The molecule has 0 bridgehead atoms. The van der Waals surface area contributed by atoms with Gasteiger partial charge in [0.25, 0.3) is 0 Å². The number of pyridine rings is 1. The number of aromatic nitrogens is 1. The molecule has 0 amide bonds. The molecule has 2 heterocycles. The highest BCUT2D eigenvalue weighted by Crippen LogP contribution is 2.23. The number of rotatable bonds is 3. The Bertz CT molecular complexity index is 375. The van der Waals surface area contributed by atoms with Crippen molar-refractivity contribution in [3.8, 4) is 0 Å². The molecule has 2 N–H and O–H groups in total. The van der Waals surface area contributed by atoms with Crippen LogP contribution in [0.4, 0.5) is 0 Å². The standard InChI is InChI=1S/C13H20BrN3.ClH/c1-10-2-3-17(13(4-10)6-15)9-11-5-12(14)8-16-7-11;/h5,7-8,10,13H,2-4,6,9,15H2,1H3;1H. The molecular weight excluding hydrogens is 314 g/mol.